The normalized spacial score (nSPS) is 10.7. The number of hydrogen-bond donors (Lipinski definition) is 2. The van der Waals surface area contributed by atoms with E-state index in [-0.39, 0.29) is 12.6 Å². The Morgan fingerprint density at radius 3 is 2.67 bits per heavy atom. The van der Waals surface area contributed by atoms with E-state index < -0.39 is 0 Å². The fourth-order valence-corrected chi connectivity index (χ4v) is 2.10. The van der Waals surface area contributed by atoms with Gasteiger partial charge in [0.1, 0.15) is 0 Å². The van der Waals surface area contributed by atoms with Crippen LogP contribution in [0.1, 0.15) is 25.3 Å². The highest BCUT2D eigenvalue weighted by Crippen LogP contribution is 2.13. The van der Waals surface area contributed by atoms with E-state index in [0.717, 1.165) is 30.6 Å². The lowest BCUT2D eigenvalue weighted by Crippen LogP contribution is -2.37. The molecule has 0 saturated carbocycles. The number of carbonyl (C=O) groups excluding carboxylic acids is 1. The zero-order valence-electron chi connectivity index (χ0n) is 13.3. The van der Waals surface area contributed by atoms with E-state index in [4.69, 9.17) is 5.11 Å². The predicted octanol–water partition coefficient (Wildman–Crippen LogP) is 2.37. The highest BCUT2D eigenvalue weighted by molar-refractivity contribution is 5.89. The SMILES string of the molecule is CCCCN(CCO)C(=O)Nc1cccc(CN(C)C)c1. The van der Waals surface area contributed by atoms with Crippen molar-refractivity contribution in [1.29, 1.82) is 0 Å². The fraction of sp³-hybridized carbons (Fsp3) is 0.562. The lowest BCUT2D eigenvalue weighted by molar-refractivity contribution is 0.187. The molecule has 0 atom stereocenters. The molecule has 0 saturated heterocycles. The smallest absolute Gasteiger partial charge is 0.321 e. The second-order valence-electron chi connectivity index (χ2n) is 5.43. The van der Waals surface area contributed by atoms with Gasteiger partial charge in [0.2, 0.25) is 0 Å². The first kappa shape index (κ1) is 17.5. The Morgan fingerprint density at radius 2 is 2.05 bits per heavy atom. The van der Waals surface area contributed by atoms with Crippen LogP contribution in [0.25, 0.3) is 0 Å². The minimum Gasteiger partial charge on any atom is -0.395 e. The number of aliphatic hydroxyl groups excluding tert-OH is 1. The third kappa shape index (κ3) is 6.60. The Hall–Kier alpha value is -1.59. The molecule has 118 valence electrons. The molecule has 0 spiro atoms. The topological polar surface area (TPSA) is 55.8 Å². The first-order valence-electron chi connectivity index (χ1n) is 7.47. The van der Waals surface area contributed by atoms with Crippen molar-refractivity contribution in [2.24, 2.45) is 0 Å². The second kappa shape index (κ2) is 9.37. The molecular formula is C16H27N3O2. The van der Waals surface area contributed by atoms with Crippen molar-refractivity contribution in [2.75, 3.05) is 39.1 Å². The van der Waals surface area contributed by atoms with E-state index in [2.05, 4.69) is 17.1 Å². The maximum absolute atomic E-state index is 12.2. The standard InChI is InChI=1S/C16H27N3O2/c1-4-5-9-19(10-11-20)16(21)17-15-8-6-7-14(12-15)13-18(2)3/h6-8,12,20H,4-5,9-11,13H2,1-3H3,(H,17,21). The minimum absolute atomic E-state index is 0.0161. The van der Waals surface area contributed by atoms with Crippen LogP contribution in [0, 0.1) is 0 Å². The third-order valence-electron chi connectivity index (χ3n) is 3.12. The highest BCUT2D eigenvalue weighted by atomic mass is 16.3. The van der Waals surface area contributed by atoms with Gasteiger partial charge in [0.05, 0.1) is 6.61 Å². The predicted molar refractivity (Wildman–Crippen MR) is 86.4 cm³/mol. The molecule has 0 aliphatic rings. The number of aliphatic hydroxyl groups is 1. The number of hydrogen-bond acceptors (Lipinski definition) is 3. The molecule has 5 heteroatoms. The number of rotatable bonds is 8. The van der Waals surface area contributed by atoms with E-state index in [1.807, 2.05) is 38.4 Å². The van der Waals surface area contributed by atoms with Crippen molar-refractivity contribution >= 4 is 11.7 Å². The Kier molecular flexibility index (Phi) is 7.79. The fourth-order valence-electron chi connectivity index (χ4n) is 2.10. The van der Waals surface area contributed by atoms with E-state index in [9.17, 15) is 4.79 Å². The Labute approximate surface area is 127 Å². The first-order valence-corrected chi connectivity index (χ1v) is 7.47. The maximum Gasteiger partial charge on any atom is 0.321 e. The van der Waals surface area contributed by atoms with Crippen molar-refractivity contribution < 1.29 is 9.90 Å². The quantitative estimate of drug-likeness (QED) is 0.773. The Balaban J connectivity index is 2.66. The first-order chi connectivity index (χ1) is 10.1. The summed E-state index contributed by atoms with van der Waals surface area (Å²) < 4.78 is 0. The van der Waals surface area contributed by atoms with Crippen LogP contribution >= 0.6 is 0 Å². The van der Waals surface area contributed by atoms with Crippen LogP contribution in [0.15, 0.2) is 24.3 Å². The van der Waals surface area contributed by atoms with Crippen LogP contribution < -0.4 is 5.32 Å². The van der Waals surface area contributed by atoms with E-state index in [0.29, 0.717) is 13.1 Å². The Bertz CT molecular complexity index is 435. The van der Waals surface area contributed by atoms with Gasteiger partial charge < -0.3 is 20.2 Å². The molecule has 0 fully saturated rings. The van der Waals surface area contributed by atoms with Gasteiger partial charge in [-0.2, -0.15) is 0 Å². The molecule has 1 aromatic carbocycles. The van der Waals surface area contributed by atoms with Crippen molar-refractivity contribution in [3.05, 3.63) is 29.8 Å². The van der Waals surface area contributed by atoms with Gasteiger partial charge >= 0.3 is 6.03 Å². The summed E-state index contributed by atoms with van der Waals surface area (Å²) in [4.78, 5) is 16.0. The lowest BCUT2D eigenvalue weighted by atomic mass is 10.2. The van der Waals surface area contributed by atoms with Gasteiger partial charge in [-0.25, -0.2) is 4.79 Å². The average Bonchev–Trinajstić information content (AvgIpc) is 2.43. The Morgan fingerprint density at radius 1 is 1.29 bits per heavy atom. The zero-order valence-corrected chi connectivity index (χ0v) is 13.3. The molecule has 0 bridgehead atoms. The van der Waals surface area contributed by atoms with Crippen molar-refractivity contribution in [2.45, 2.75) is 26.3 Å². The number of nitrogens with zero attached hydrogens (tertiary/aromatic N) is 2. The highest BCUT2D eigenvalue weighted by Gasteiger charge is 2.12. The molecule has 0 heterocycles. The number of carbonyl (C=O) groups is 1. The largest absolute Gasteiger partial charge is 0.395 e. The minimum atomic E-state index is -0.153. The number of urea groups is 1. The summed E-state index contributed by atoms with van der Waals surface area (Å²) in [6, 6.07) is 7.69. The molecule has 21 heavy (non-hydrogen) atoms. The molecular weight excluding hydrogens is 266 g/mol. The summed E-state index contributed by atoms with van der Waals surface area (Å²) in [5.74, 6) is 0. The van der Waals surface area contributed by atoms with E-state index in [1.165, 1.54) is 0 Å². The number of nitrogens with one attached hydrogen (secondary N) is 1. The van der Waals surface area contributed by atoms with Gasteiger partial charge in [0.25, 0.3) is 0 Å². The van der Waals surface area contributed by atoms with Gasteiger partial charge in [0.15, 0.2) is 0 Å². The number of unbranched alkanes of at least 4 members (excludes halogenated alkanes) is 1. The second-order valence-corrected chi connectivity index (χ2v) is 5.43. The molecule has 0 aromatic heterocycles. The molecule has 2 N–H and O–H groups in total. The third-order valence-corrected chi connectivity index (χ3v) is 3.12. The van der Waals surface area contributed by atoms with E-state index >= 15 is 0 Å². The van der Waals surface area contributed by atoms with Gasteiger partial charge in [-0.05, 0) is 38.2 Å². The number of amides is 2. The molecule has 0 radical (unpaired) electrons. The van der Waals surface area contributed by atoms with Crippen LogP contribution in [0.3, 0.4) is 0 Å². The summed E-state index contributed by atoms with van der Waals surface area (Å²) in [7, 11) is 4.03. The van der Waals surface area contributed by atoms with Crippen LogP contribution in [0.4, 0.5) is 10.5 Å². The van der Waals surface area contributed by atoms with Crippen LogP contribution in [0.5, 0.6) is 0 Å². The molecule has 0 aliphatic carbocycles. The van der Waals surface area contributed by atoms with Gasteiger partial charge in [-0.3, -0.25) is 0 Å². The summed E-state index contributed by atoms with van der Waals surface area (Å²) in [5, 5.41) is 12.0. The number of benzene rings is 1. The maximum atomic E-state index is 12.2. The summed E-state index contributed by atoms with van der Waals surface area (Å²) >= 11 is 0. The van der Waals surface area contributed by atoms with Crippen LogP contribution in [0.2, 0.25) is 0 Å². The number of anilines is 1. The zero-order chi connectivity index (χ0) is 15.7. The van der Waals surface area contributed by atoms with Crippen molar-refractivity contribution in [3.63, 3.8) is 0 Å². The molecule has 2 amide bonds. The summed E-state index contributed by atoms with van der Waals surface area (Å²) in [5.41, 5.74) is 1.94. The monoisotopic (exact) mass is 293 g/mol. The van der Waals surface area contributed by atoms with Gasteiger partial charge in [-0.1, -0.05) is 25.5 Å². The van der Waals surface area contributed by atoms with Gasteiger partial charge in [-0.15, -0.1) is 0 Å². The molecule has 0 unspecified atom stereocenters. The summed E-state index contributed by atoms with van der Waals surface area (Å²) in [6.07, 6.45) is 1.96. The van der Waals surface area contributed by atoms with Crippen molar-refractivity contribution in [3.8, 4) is 0 Å². The van der Waals surface area contributed by atoms with Crippen LogP contribution in [-0.4, -0.2) is 54.7 Å². The van der Waals surface area contributed by atoms with Crippen molar-refractivity contribution in [1.82, 2.24) is 9.80 Å². The molecule has 5 nitrogen and oxygen atoms in total. The van der Waals surface area contributed by atoms with Gasteiger partial charge in [0, 0.05) is 25.3 Å². The molecule has 1 aromatic rings. The average molecular weight is 293 g/mol. The molecule has 1 rings (SSSR count). The molecule has 0 aliphatic heterocycles. The van der Waals surface area contributed by atoms with Crippen LogP contribution in [-0.2, 0) is 6.54 Å². The van der Waals surface area contributed by atoms with E-state index in [1.54, 1.807) is 4.90 Å². The lowest BCUT2D eigenvalue weighted by Gasteiger charge is -2.22. The summed E-state index contributed by atoms with van der Waals surface area (Å²) in [6.45, 7) is 3.93.